The summed E-state index contributed by atoms with van der Waals surface area (Å²) in [5, 5.41) is 6.90. The van der Waals surface area contributed by atoms with E-state index in [2.05, 4.69) is 10.6 Å². The summed E-state index contributed by atoms with van der Waals surface area (Å²) in [6, 6.07) is 14.7. The van der Waals surface area contributed by atoms with E-state index in [0.717, 1.165) is 28.1 Å². The SMILES string of the molecule is CCCNC(=O)c1ccccc1NC(=O)CN(c1ccccc1F)S(=O)(=O)c1cccs1. The van der Waals surface area contributed by atoms with Gasteiger partial charge in [-0.15, -0.1) is 11.3 Å². The number of amides is 2. The second-order valence-corrected chi connectivity index (χ2v) is 9.78. The molecule has 2 amide bonds. The van der Waals surface area contributed by atoms with Gasteiger partial charge in [-0.25, -0.2) is 12.8 Å². The van der Waals surface area contributed by atoms with Gasteiger partial charge in [0.25, 0.3) is 15.9 Å². The van der Waals surface area contributed by atoms with Gasteiger partial charge in [-0.1, -0.05) is 37.3 Å². The molecule has 1 aromatic heterocycles. The van der Waals surface area contributed by atoms with Crippen LogP contribution >= 0.6 is 11.3 Å². The molecule has 168 valence electrons. The van der Waals surface area contributed by atoms with Crippen LogP contribution in [-0.4, -0.2) is 33.3 Å². The minimum atomic E-state index is -4.19. The molecule has 3 rings (SSSR count). The highest BCUT2D eigenvalue weighted by Gasteiger charge is 2.30. The number of para-hydroxylation sites is 2. The Balaban J connectivity index is 1.90. The van der Waals surface area contributed by atoms with Gasteiger partial charge in [-0.05, 0) is 42.1 Å². The fourth-order valence-electron chi connectivity index (χ4n) is 2.92. The second-order valence-electron chi connectivity index (χ2n) is 6.74. The third-order valence-corrected chi connectivity index (χ3v) is 7.56. The van der Waals surface area contributed by atoms with Crippen molar-refractivity contribution >= 4 is 44.5 Å². The van der Waals surface area contributed by atoms with Gasteiger partial charge in [-0.3, -0.25) is 13.9 Å². The van der Waals surface area contributed by atoms with Crippen molar-refractivity contribution in [2.45, 2.75) is 17.6 Å². The second kappa shape index (κ2) is 10.4. The molecule has 7 nitrogen and oxygen atoms in total. The highest BCUT2D eigenvalue weighted by Crippen LogP contribution is 2.28. The minimum absolute atomic E-state index is 0.0205. The van der Waals surface area contributed by atoms with E-state index in [4.69, 9.17) is 0 Å². The van der Waals surface area contributed by atoms with Crippen LogP contribution in [0.3, 0.4) is 0 Å². The highest BCUT2D eigenvalue weighted by molar-refractivity contribution is 7.94. The average molecular weight is 476 g/mol. The van der Waals surface area contributed by atoms with E-state index in [1.54, 1.807) is 35.7 Å². The Bertz CT molecular complexity index is 1200. The van der Waals surface area contributed by atoms with E-state index in [9.17, 15) is 22.4 Å². The van der Waals surface area contributed by atoms with Crippen LogP contribution in [0.4, 0.5) is 15.8 Å². The molecule has 0 spiro atoms. The zero-order valence-corrected chi connectivity index (χ0v) is 18.9. The van der Waals surface area contributed by atoms with Crippen LogP contribution in [0.2, 0.25) is 0 Å². The quantitative estimate of drug-likeness (QED) is 0.491. The van der Waals surface area contributed by atoms with Gasteiger partial charge in [0.2, 0.25) is 5.91 Å². The molecule has 10 heteroatoms. The molecule has 0 aliphatic rings. The van der Waals surface area contributed by atoms with Crippen molar-refractivity contribution in [3.8, 4) is 0 Å². The molecule has 0 atom stereocenters. The molecule has 0 fully saturated rings. The van der Waals surface area contributed by atoms with Crippen molar-refractivity contribution in [2.75, 3.05) is 22.7 Å². The number of halogens is 1. The van der Waals surface area contributed by atoms with Gasteiger partial charge in [0.05, 0.1) is 16.9 Å². The number of thiophene rings is 1. The van der Waals surface area contributed by atoms with Gasteiger partial charge in [-0.2, -0.15) is 0 Å². The molecule has 0 aliphatic heterocycles. The van der Waals surface area contributed by atoms with E-state index < -0.39 is 28.3 Å². The number of nitrogens with one attached hydrogen (secondary N) is 2. The van der Waals surface area contributed by atoms with Crippen molar-refractivity contribution in [1.29, 1.82) is 0 Å². The molecule has 3 aromatic rings. The van der Waals surface area contributed by atoms with Crippen LogP contribution in [0.25, 0.3) is 0 Å². The van der Waals surface area contributed by atoms with Crippen LogP contribution in [0.15, 0.2) is 70.3 Å². The summed E-state index contributed by atoms with van der Waals surface area (Å²) >= 11 is 0.967. The molecular formula is C22H22FN3O4S2. The number of hydrogen-bond acceptors (Lipinski definition) is 5. The number of rotatable bonds is 9. The first-order valence-corrected chi connectivity index (χ1v) is 12.1. The van der Waals surface area contributed by atoms with Crippen LogP contribution in [0.5, 0.6) is 0 Å². The summed E-state index contributed by atoms with van der Waals surface area (Å²) < 4.78 is 41.5. The third-order valence-electron chi connectivity index (χ3n) is 4.43. The average Bonchev–Trinajstić information content (AvgIpc) is 3.33. The number of hydrogen-bond donors (Lipinski definition) is 2. The normalized spacial score (nSPS) is 11.1. The highest BCUT2D eigenvalue weighted by atomic mass is 32.2. The number of anilines is 2. The van der Waals surface area contributed by atoms with E-state index in [-0.39, 0.29) is 27.1 Å². The van der Waals surface area contributed by atoms with Gasteiger partial charge in [0.1, 0.15) is 16.6 Å². The predicted octanol–water partition coefficient (Wildman–Crippen LogP) is 3.86. The summed E-state index contributed by atoms with van der Waals surface area (Å²) in [6.07, 6.45) is 0.748. The van der Waals surface area contributed by atoms with E-state index >= 15 is 0 Å². The standard InChI is InChI=1S/C22H22FN3O4S2/c1-2-13-24-22(28)16-8-3-5-10-18(16)25-20(27)15-26(19-11-6-4-9-17(19)23)32(29,30)21-12-7-14-31-21/h3-12,14H,2,13,15H2,1H3,(H,24,28)(H,25,27). The zero-order valence-electron chi connectivity index (χ0n) is 17.2. The van der Waals surface area contributed by atoms with E-state index in [0.29, 0.717) is 6.54 Å². The van der Waals surface area contributed by atoms with Gasteiger partial charge in [0, 0.05) is 6.54 Å². The first-order chi connectivity index (χ1) is 15.3. The molecule has 0 saturated carbocycles. The number of carbonyl (C=O) groups excluding carboxylic acids is 2. The number of carbonyl (C=O) groups is 2. The Morgan fingerprint density at radius 3 is 2.44 bits per heavy atom. The third kappa shape index (κ3) is 5.32. The molecule has 0 radical (unpaired) electrons. The Morgan fingerprint density at radius 2 is 1.75 bits per heavy atom. The van der Waals surface area contributed by atoms with E-state index in [1.165, 1.54) is 24.3 Å². The fourth-order valence-corrected chi connectivity index (χ4v) is 5.45. The maximum atomic E-state index is 14.5. The fraction of sp³-hybridized carbons (Fsp3) is 0.182. The van der Waals surface area contributed by atoms with Crippen LogP contribution in [-0.2, 0) is 14.8 Å². The van der Waals surface area contributed by atoms with Crippen LogP contribution in [0.1, 0.15) is 23.7 Å². The first kappa shape index (κ1) is 23.4. The smallest absolute Gasteiger partial charge is 0.274 e. The molecule has 1 heterocycles. The number of sulfonamides is 1. The van der Waals surface area contributed by atoms with Crippen molar-refractivity contribution in [3.63, 3.8) is 0 Å². The molecule has 0 aliphatic carbocycles. The maximum absolute atomic E-state index is 14.5. The maximum Gasteiger partial charge on any atom is 0.274 e. The molecule has 32 heavy (non-hydrogen) atoms. The molecule has 0 saturated heterocycles. The topological polar surface area (TPSA) is 95.6 Å². The molecule has 0 unspecified atom stereocenters. The van der Waals surface area contributed by atoms with Crippen LogP contribution < -0.4 is 14.9 Å². The van der Waals surface area contributed by atoms with Gasteiger partial charge >= 0.3 is 0 Å². The summed E-state index contributed by atoms with van der Waals surface area (Å²) in [7, 11) is -4.19. The monoisotopic (exact) mass is 475 g/mol. The lowest BCUT2D eigenvalue weighted by atomic mass is 10.1. The largest absolute Gasteiger partial charge is 0.352 e. The minimum Gasteiger partial charge on any atom is -0.352 e. The first-order valence-electron chi connectivity index (χ1n) is 9.82. The van der Waals surface area contributed by atoms with Crippen molar-refractivity contribution in [3.05, 3.63) is 77.4 Å². The van der Waals surface area contributed by atoms with Gasteiger partial charge < -0.3 is 10.6 Å². The molecule has 0 bridgehead atoms. The zero-order chi connectivity index (χ0) is 23.1. The van der Waals surface area contributed by atoms with Crippen molar-refractivity contribution in [1.82, 2.24) is 5.32 Å². The molecule has 2 N–H and O–H groups in total. The van der Waals surface area contributed by atoms with Crippen LogP contribution in [0, 0.1) is 5.82 Å². The van der Waals surface area contributed by atoms with E-state index in [1.807, 2.05) is 6.92 Å². The molecular weight excluding hydrogens is 453 g/mol. The summed E-state index contributed by atoms with van der Waals surface area (Å²) in [6.45, 7) is 1.71. The van der Waals surface area contributed by atoms with Crippen molar-refractivity contribution < 1.29 is 22.4 Å². The summed E-state index contributed by atoms with van der Waals surface area (Å²) in [4.78, 5) is 25.2. The lowest BCUT2D eigenvalue weighted by Crippen LogP contribution is -2.38. The lowest BCUT2D eigenvalue weighted by molar-refractivity contribution is -0.114. The number of nitrogens with zero attached hydrogens (tertiary/aromatic N) is 1. The van der Waals surface area contributed by atoms with Gasteiger partial charge in [0.15, 0.2) is 0 Å². The predicted molar refractivity (Wildman–Crippen MR) is 123 cm³/mol. The number of benzene rings is 2. The lowest BCUT2D eigenvalue weighted by Gasteiger charge is -2.24. The Kier molecular flexibility index (Phi) is 7.60. The summed E-state index contributed by atoms with van der Waals surface area (Å²) in [5.74, 6) is -1.86. The van der Waals surface area contributed by atoms with Crippen molar-refractivity contribution in [2.24, 2.45) is 0 Å². The Hall–Kier alpha value is -3.24. The molecule has 2 aromatic carbocycles. The Morgan fingerprint density at radius 1 is 1.03 bits per heavy atom. The summed E-state index contributed by atoms with van der Waals surface area (Å²) in [5.41, 5.74) is 0.228. The Labute approximate surface area is 189 Å².